The van der Waals surface area contributed by atoms with Crippen molar-refractivity contribution in [3.8, 4) is 0 Å². The van der Waals surface area contributed by atoms with Gasteiger partial charge in [-0.15, -0.1) is 0 Å². The van der Waals surface area contributed by atoms with E-state index in [9.17, 15) is 4.79 Å². The van der Waals surface area contributed by atoms with Crippen molar-refractivity contribution in [1.82, 2.24) is 0 Å². The van der Waals surface area contributed by atoms with E-state index < -0.39 is 8.80 Å². The Morgan fingerprint density at radius 1 is 0.955 bits per heavy atom. The lowest BCUT2D eigenvalue weighted by Crippen LogP contribution is -2.45. The van der Waals surface area contributed by atoms with E-state index in [1.807, 2.05) is 20.8 Å². The molecule has 6 heteroatoms. The van der Waals surface area contributed by atoms with Gasteiger partial charge in [-0.25, -0.2) is 0 Å². The van der Waals surface area contributed by atoms with Gasteiger partial charge in [-0.2, -0.15) is 12.6 Å². The Bertz CT molecular complexity index is 272. The van der Waals surface area contributed by atoms with E-state index >= 15 is 0 Å². The van der Waals surface area contributed by atoms with E-state index in [1.54, 1.807) is 0 Å². The summed E-state index contributed by atoms with van der Waals surface area (Å²) in [5, 5.41) is 0. The highest BCUT2D eigenvalue weighted by molar-refractivity contribution is 7.81. The minimum absolute atomic E-state index is 0.157. The zero-order valence-electron chi connectivity index (χ0n) is 14.7. The van der Waals surface area contributed by atoms with Gasteiger partial charge in [0.1, 0.15) is 5.78 Å². The second kappa shape index (κ2) is 13.5. The number of carbonyl (C=O) groups excluding carboxylic acids is 1. The van der Waals surface area contributed by atoms with Gasteiger partial charge >= 0.3 is 8.80 Å². The van der Waals surface area contributed by atoms with Gasteiger partial charge in [0.25, 0.3) is 0 Å². The number of Topliss-reactive ketones (excluding diaryl/α,β-unsaturated/α-hetero) is 1. The number of carbonyl (C=O) groups is 1. The molecule has 0 aromatic heterocycles. The first-order chi connectivity index (χ1) is 10.6. The molecule has 1 atom stereocenters. The van der Waals surface area contributed by atoms with Crippen LogP contribution < -0.4 is 0 Å². The topological polar surface area (TPSA) is 44.8 Å². The molecule has 1 unspecified atom stereocenters. The summed E-state index contributed by atoms with van der Waals surface area (Å²) in [6.45, 7) is 9.89. The summed E-state index contributed by atoms with van der Waals surface area (Å²) in [7, 11) is -2.52. The lowest BCUT2D eigenvalue weighted by Gasteiger charge is -2.28. The first kappa shape index (κ1) is 22.1. The number of ketones is 1. The van der Waals surface area contributed by atoms with Crippen LogP contribution in [0.15, 0.2) is 0 Å². The predicted molar refractivity (Wildman–Crippen MR) is 96.5 cm³/mol. The highest BCUT2D eigenvalue weighted by Gasteiger charge is 2.39. The van der Waals surface area contributed by atoms with Crippen LogP contribution in [0.2, 0.25) is 6.04 Å². The first-order valence-corrected chi connectivity index (χ1v) is 11.2. The van der Waals surface area contributed by atoms with Crippen LogP contribution in [0, 0.1) is 5.92 Å². The Morgan fingerprint density at radius 3 is 1.91 bits per heavy atom. The summed E-state index contributed by atoms with van der Waals surface area (Å²) in [4.78, 5) is 11.9. The molecular weight excluding hydrogens is 316 g/mol. The van der Waals surface area contributed by atoms with Crippen LogP contribution in [0.5, 0.6) is 0 Å². The Hall–Kier alpha value is 0.117. The smallest absolute Gasteiger partial charge is 0.374 e. The van der Waals surface area contributed by atoms with Gasteiger partial charge in [0.2, 0.25) is 0 Å². The fraction of sp³-hybridized carbons (Fsp3) is 0.938. The third-order valence-electron chi connectivity index (χ3n) is 3.63. The van der Waals surface area contributed by atoms with Gasteiger partial charge in [0.15, 0.2) is 0 Å². The molecular formula is C16H34O4SSi. The van der Waals surface area contributed by atoms with Crippen LogP contribution in [0.25, 0.3) is 0 Å². The minimum atomic E-state index is -2.52. The van der Waals surface area contributed by atoms with E-state index in [0.29, 0.717) is 25.6 Å². The summed E-state index contributed by atoms with van der Waals surface area (Å²) >= 11 is 4.12. The van der Waals surface area contributed by atoms with Gasteiger partial charge in [-0.05, 0) is 40.0 Å². The zero-order chi connectivity index (χ0) is 16.8. The van der Waals surface area contributed by atoms with Crippen LogP contribution in [-0.2, 0) is 18.1 Å². The van der Waals surface area contributed by atoms with Crippen LogP contribution in [0.4, 0.5) is 0 Å². The number of unbranched alkanes of at least 4 members (excludes halogenated alkanes) is 1. The predicted octanol–water partition coefficient (Wildman–Crippen LogP) is 4.12. The number of thiol groups is 1. The molecule has 0 spiro atoms. The Balaban J connectivity index is 4.37. The molecule has 0 amide bonds. The Morgan fingerprint density at radius 2 is 1.50 bits per heavy atom. The highest BCUT2D eigenvalue weighted by atomic mass is 32.1. The molecule has 0 aliphatic rings. The maximum Gasteiger partial charge on any atom is 0.500 e. The molecule has 0 aromatic rings. The molecule has 0 aliphatic carbocycles. The first-order valence-electron chi connectivity index (χ1n) is 8.64. The van der Waals surface area contributed by atoms with Crippen molar-refractivity contribution in [1.29, 1.82) is 0 Å². The lowest BCUT2D eigenvalue weighted by atomic mass is 9.94. The normalized spacial score (nSPS) is 13.3. The van der Waals surface area contributed by atoms with Gasteiger partial charge in [-0.1, -0.05) is 19.8 Å². The van der Waals surface area contributed by atoms with E-state index in [1.165, 1.54) is 0 Å². The van der Waals surface area contributed by atoms with E-state index in [2.05, 4.69) is 19.6 Å². The summed E-state index contributed by atoms with van der Waals surface area (Å²) < 4.78 is 17.5. The molecule has 0 saturated heterocycles. The van der Waals surface area contributed by atoms with Crippen molar-refractivity contribution in [3.05, 3.63) is 0 Å². The number of hydrogen-bond acceptors (Lipinski definition) is 5. The van der Waals surface area contributed by atoms with Crippen molar-refractivity contribution in [2.24, 2.45) is 5.92 Å². The quantitative estimate of drug-likeness (QED) is 0.274. The van der Waals surface area contributed by atoms with Crippen molar-refractivity contribution in [2.45, 2.75) is 65.8 Å². The molecule has 0 saturated carbocycles. The zero-order valence-corrected chi connectivity index (χ0v) is 16.6. The number of hydrogen-bond donors (Lipinski definition) is 1. The standard InChI is InChI=1S/C16H34O4SSi/c1-5-11-15(16(17)14-21)12-9-10-13-22(18-6-2,19-7-3)20-8-4/h15,21H,5-14H2,1-4H3. The van der Waals surface area contributed by atoms with Gasteiger partial charge in [0.05, 0.1) is 0 Å². The largest absolute Gasteiger partial charge is 0.500 e. The van der Waals surface area contributed by atoms with Crippen LogP contribution >= 0.6 is 12.6 Å². The fourth-order valence-corrected chi connectivity index (χ4v) is 5.62. The monoisotopic (exact) mass is 350 g/mol. The second-order valence-electron chi connectivity index (χ2n) is 5.34. The van der Waals surface area contributed by atoms with Crippen LogP contribution in [0.1, 0.15) is 59.8 Å². The fourth-order valence-electron chi connectivity index (χ4n) is 2.68. The van der Waals surface area contributed by atoms with Crippen molar-refractivity contribution >= 4 is 27.2 Å². The van der Waals surface area contributed by atoms with Crippen molar-refractivity contribution in [3.63, 3.8) is 0 Å². The molecule has 0 aliphatic heterocycles. The molecule has 0 radical (unpaired) electrons. The molecule has 0 fully saturated rings. The third kappa shape index (κ3) is 8.67. The molecule has 132 valence electrons. The lowest BCUT2D eigenvalue weighted by molar-refractivity contribution is -0.120. The third-order valence-corrected chi connectivity index (χ3v) is 7.09. The molecule has 0 aromatic carbocycles. The molecule has 4 nitrogen and oxygen atoms in total. The highest BCUT2D eigenvalue weighted by Crippen LogP contribution is 2.23. The minimum Gasteiger partial charge on any atom is -0.374 e. The van der Waals surface area contributed by atoms with Gasteiger partial charge < -0.3 is 13.3 Å². The van der Waals surface area contributed by atoms with Gasteiger partial charge in [0, 0.05) is 37.5 Å². The molecule has 22 heavy (non-hydrogen) atoms. The average molecular weight is 351 g/mol. The SMILES string of the molecule is CCCC(CCCC[Si](OCC)(OCC)OCC)C(=O)CS. The van der Waals surface area contributed by atoms with E-state index in [4.69, 9.17) is 13.3 Å². The molecule has 0 rings (SSSR count). The summed E-state index contributed by atoms with van der Waals surface area (Å²) in [6.07, 6.45) is 4.92. The van der Waals surface area contributed by atoms with E-state index in [0.717, 1.165) is 38.1 Å². The average Bonchev–Trinajstić information content (AvgIpc) is 2.50. The maximum atomic E-state index is 11.9. The van der Waals surface area contributed by atoms with Crippen LogP contribution in [-0.4, -0.2) is 40.2 Å². The Kier molecular flexibility index (Phi) is 13.6. The molecule has 0 bridgehead atoms. The van der Waals surface area contributed by atoms with Crippen LogP contribution in [0.3, 0.4) is 0 Å². The number of rotatable bonds is 15. The maximum absolute atomic E-state index is 11.9. The van der Waals surface area contributed by atoms with Crippen molar-refractivity contribution in [2.75, 3.05) is 25.6 Å². The molecule has 0 heterocycles. The second-order valence-corrected chi connectivity index (χ2v) is 8.39. The summed E-state index contributed by atoms with van der Waals surface area (Å²) in [5.41, 5.74) is 0. The van der Waals surface area contributed by atoms with Gasteiger partial charge in [-0.3, -0.25) is 4.79 Å². The van der Waals surface area contributed by atoms with E-state index in [-0.39, 0.29) is 11.7 Å². The molecule has 0 N–H and O–H groups in total. The Labute approximate surface area is 143 Å². The summed E-state index contributed by atoms with van der Waals surface area (Å²) in [6, 6.07) is 0.830. The summed E-state index contributed by atoms with van der Waals surface area (Å²) in [5.74, 6) is 0.776. The van der Waals surface area contributed by atoms with Crippen molar-refractivity contribution < 1.29 is 18.1 Å².